The number of rotatable bonds is 5. The number of benzene rings is 2. The van der Waals surface area contributed by atoms with Gasteiger partial charge in [0.25, 0.3) is 0 Å². The summed E-state index contributed by atoms with van der Waals surface area (Å²) in [6.07, 6.45) is 0.540. The second-order valence-electron chi connectivity index (χ2n) is 6.66. The van der Waals surface area contributed by atoms with Crippen molar-refractivity contribution < 1.29 is 28.5 Å². The maximum atomic E-state index is 12.3. The van der Waals surface area contributed by atoms with Crippen LogP contribution < -0.4 is 23.7 Å². The lowest BCUT2D eigenvalue weighted by Crippen LogP contribution is -2.24. The highest BCUT2D eigenvalue weighted by atomic mass is 16.7. The molecule has 152 valence electrons. The fourth-order valence-electron chi connectivity index (χ4n) is 3.60. The minimum atomic E-state index is -0.240. The van der Waals surface area contributed by atoms with Gasteiger partial charge in [-0.2, -0.15) is 5.10 Å². The molecule has 2 aromatic carbocycles. The Bertz CT molecular complexity index is 962. The molecule has 0 saturated heterocycles. The molecule has 2 aromatic rings. The molecule has 2 aliphatic heterocycles. The van der Waals surface area contributed by atoms with E-state index in [1.165, 1.54) is 11.9 Å². The van der Waals surface area contributed by atoms with Gasteiger partial charge in [0.2, 0.25) is 18.4 Å². The van der Waals surface area contributed by atoms with Crippen LogP contribution in [0.1, 0.15) is 30.5 Å². The summed E-state index contributed by atoms with van der Waals surface area (Å²) in [4.78, 5) is 12.3. The summed E-state index contributed by atoms with van der Waals surface area (Å²) >= 11 is 0. The third kappa shape index (κ3) is 3.30. The third-order valence-electron chi connectivity index (χ3n) is 5.01. The largest absolute Gasteiger partial charge is 0.493 e. The standard InChI is InChI=1S/C21H22N2O6/c1-12(24)23-16(13-5-6-17-18(7-13)29-11-28-17)10-15(22-23)14-8-19(25-2)21(27-4)20(9-14)26-3/h5-9,16H,10-11H2,1-4H3. The smallest absolute Gasteiger partial charge is 0.240 e. The molecule has 0 radical (unpaired) electrons. The molecule has 1 amide bonds. The topological polar surface area (TPSA) is 78.8 Å². The molecule has 8 nitrogen and oxygen atoms in total. The second-order valence-corrected chi connectivity index (χ2v) is 6.66. The number of methoxy groups -OCH3 is 3. The average Bonchev–Trinajstić information content (AvgIpc) is 3.39. The fourth-order valence-corrected chi connectivity index (χ4v) is 3.60. The summed E-state index contributed by atoms with van der Waals surface area (Å²) in [7, 11) is 4.68. The Morgan fingerprint density at radius 1 is 1.03 bits per heavy atom. The lowest BCUT2D eigenvalue weighted by atomic mass is 9.97. The second kappa shape index (κ2) is 7.54. The molecular formula is C21H22N2O6. The number of nitrogens with zero attached hydrogens (tertiary/aromatic N) is 2. The molecule has 0 saturated carbocycles. The van der Waals surface area contributed by atoms with Crippen LogP contribution in [-0.4, -0.2) is 44.8 Å². The van der Waals surface area contributed by atoms with Crippen molar-refractivity contribution in [2.24, 2.45) is 5.10 Å². The number of hydrogen-bond acceptors (Lipinski definition) is 7. The number of ether oxygens (including phenoxy) is 5. The summed E-state index contributed by atoms with van der Waals surface area (Å²) in [6, 6.07) is 9.11. The van der Waals surface area contributed by atoms with Crippen molar-refractivity contribution in [2.75, 3.05) is 28.1 Å². The van der Waals surface area contributed by atoms with Crippen molar-refractivity contribution in [3.8, 4) is 28.7 Å². The third-order valence-corrected chi connectivity index (χ3v) is 5.01. The Balaban J connectivity index is 1.71. The Morgan fingerprint density at radius 3 is 2.34 bits per heavy atom. The van der Waals surface area contributed by atoms with Crippen LogP contribution >= 0.6 is 0 Å². The molecule has 0 spiro atoms. The van der Waals surface area contributed by atoms with Crippen molar-refractivity contribution in [1.82, 2.24) is 5.01 Å². The molecule has 29 heavy (non-hydrogen) atoms. The normalized spacial score (nSPS) is 17.2. The predicted octanol–water partition coefficient (Wildman–Crippen LogP) is 3.14. The van der Waals surface area contributed by atoms with E-state index in [-0.39, 0.29) is 18.7 Å². The van der Waals surface area contributed by atoms with Crippen LogP contribution in [0.15, 0.2) is 35.4 Å². The molecular weight excluding hydrogens is 376 g/mol. The highest BCUT2D eigenvalue weighted by molar-refractivity contribution is 6.04. The molecule has 2 aliphatic rings. The summed E-state index contributed by atoms with van der Waals surface area (Å²) in [6.45, 7) is 1.70. The first-order valence-electron chi connectivity index (χ1n) is 9.13. The average molecular weight is 398 g/mol. The van der Waals surface area contributed by atoms with Crippen molar-refractivity contribution in [3.63, 3.8) is 0 Å². The minimum absolute atomic E-state index is 0.143. The molecule has 4 rings (SSSR count). The summed E-state index contributed by atoms with van der Waals surface area (Å²) in [5.41, 5.74) is 2.48. The van der Waals surface area contributed by atoms with Gasteiger partial charge in [-0.1, -0.05) is 6.07 Å². The van der Waals surface area contributed by atoms with Crippen molar-refractivity contribution in [3.05, 3.63) is 41.5 Å². The van der Waals surface area contributed by atoms with Crippen LogP contribution in [0, 0.1) is 0 Å². The number of amides is 1. The number of carbonyl (C=O) groups is 1. The Hall–Kier alpha value is -3.42. The zero-order chi connectivity index (χ0) is 20.5. The molecule has 0 aliphatic carbocycles. The van der Waals surface area contributed by atoms with E-state index in [4.69, 9.17) is 23.7 Å². The number of carbonyl (C=O) groups excluding carboxylic acids is 1. The van der Waals surface area contributed by atoms with Gasteiger partial charge in [0.1, 0.15) is 0 Å². The first-order chi connectivity index (χ1) is 14.0. The molecule has 8 heteroatoms. The maximum Gasteiger partial charge on any atom is 0.240 e. The molecule has 0 bridgehead atoms. The minimum Gasteiger partial charge on any atom is -0.493 e. The predicted molar refractivity (Wildman–Crippen MR) is 105 cm³/mol. The molecule has 0 N–H and O–H groups in total. The van der Waals surface area contributed by atoms with E-state index in [0.29, 0.717) is 35.2 Å². The van der Waals surface area contributed by atoms with Crippen molar-refractivity contribution in [1.29, 1.82) is 0 Å². The van der Waals surface area contributed by atoms with E-state index in [2.05, 4.69) is 5.10 Å². The monoisotopic (exact) mass is 398 g/mol. The molecule has 1 atom stereocenters. The van der Waals surface area contributed by atoms with E-state index in [1.807, 2.05) is 30.3 Å². The fraction of sp³-hybridized carbons (Fsp3) is 0.333. The Labute approximate surface area is 168 Å². The van der Waals surface area contributed by atoms with Crippen LogP contribution in [0.2, 0.25) is 0 Å². The number of fused-ring (bicyclic) bond motifs is 1. The van der Waals surface area contributed by atoms with E-state index in [1.54, 1.807) is 21.3 Å². The van der Waals surface area contributed by atoms with Gasteiger partial charge in [-0.15, -0.1) is 0 Å². The van der Waals surface area contributed by atoms with E-state index < -0.39 is 0 Å². The zero-order valence-electron chi connectivity index (χ0n) is 16.7. The Morgan fingerprint density at radius 2 is 1.72 bits per heavy atom. The molecule has 0 fully saturated rings. The van der Waals surface area contributed by atoms with E-state index >= 15 is 0 Å². The van der Waals surface area contributed by atoms with E-state index in [0.717, 1.165) is 16.8 Å². The molecule has 1 unspecified atom stereocenters. The van der Waals surface area contributed by atoms with Gasteiger partial charge in [-0.25, -0.2) is 5.01 Å². The van der Waals surface area contributed by atoms with Crippen molar-refractivity contribution >= 4 is 11.6 Å². The highest BCUT2D eigenvalue weighted by Crippen LogP contribution is 2.42. The zero-order valence-corrected chi connectivity index (χ0v) is 16.7. The van der Waals surface area contributed by atoms with Crippen LogP contribution in [-0.2, 0) is 4.79 Å². The maximum absolute atomic E-state index is 12.3. The van der Waals surface area contributed by atoms with Gasteiger partial charge >= 0.3 is 0 Å². The van der Waals surface area contributed by atoms with Crippen LogP contribution in [0.25, 0.3) is 0 Å². The van der Waals surface area contributed by atoms with Crippen LogP contribution in [0.3, 0.4) is 0 Å². The Kier molecular flexibility index (Phi) is 4.92. The van der Waals surface area contributed by atoms with Crippen molar-refractivity contribution in [2.45, 2.75) is 19.4 Å². The van der Waals surface area contributed by atoms with Gasteiger partial charge in [0, 0.05) is 18.9 Å². The van der Waals surface area contributed by atoms with Gasteiger partial charge in [-0.05, 0) is 29.8 Å². The summed E-state index contributed by atoms with van der Waals surface area (Å²) in [5, 5.41) is 6.09. The quantitative estimate of drug-likeness (QED) is 0.770. The van der Waals surface area contributed by atoms with Gasteiger partial charge < -0.3 is 23.7 Å². The first kappa shape index (κ1) is 18.9. The summed E-state index contributed by atoms with van der Waals surface area (Å²) in [5.74, 6) is 2.80. The molecule has 0 aromatic heterocycles. The van der Waals surface area contributed by atoms with Gasteiger partial charge in [0.15, 0.2) is 23.0 Å². The highest BCUT2D eigenvalue weighted by Gasteiger charge is 2.33. The molecule has 2 heterocycles. The van der Waals surface area contributed by atoms with Gasteiger partial charge in [-0.3, -0.25) is 4.79 Å². The SMILES string of the molecule is COc1cc(C2=NN(C(C)=O)C(c3ccc4c(c3)OCO4)C2)cc(OC)c1OC. The first-order valence-corrected chi connectivity index (χ1v) is 9.13. The van der Waals surface area contributed by atoms with Crippen LogP contribution in [0.5, 0.6) is 28.7 Å². The lowest BCUT2D eigenvalue weighted by molar-refractivity contribution is -0.130. The number of hydrazone groups is 1. The van der Waals surface area contributed by atoms with Gasteiger partial charge in [0.05, 0.1) is 33.1 Å². The van der Waals surface area contributed by atoms with E-state index in [9.17, 15) is 4.79 Å². The van der Waals surface area contributed by atoms with Crippen LogP contribution in [0.4, 0.5) is 0 Å². The number of hydrogen-bond donors (Lipinski definition) is 0. The lowest BCUT2D eigenvalue weighted by Gasteiger charge is -2.20. The summed E-state index contributed by atoms with van der Waals surface area (Å²) < 4.78 is 27.1.